The smallest absolute Gasteiger partial charge is 0.314 e. The van der Waals surface area contributed by atoms with Crippen molar-refractivity contribution in [2.24, 2.45) is 0 Å². The molecule has 0 spiro atoms. The van der Waals surface area contributed by atoms with Gasteiger partial charge >= 0.3 is 6.03 Å². The number of amides is 2. The molecule has 0 aromatic carbocycles. The van der Waals surface area contributed by atoms with Crippen molar-refractivity contribution in [1.29, 1.82) is 0 Å². The molecule has 0 aliphatic carbocycles. The van der Waals surface area contributed by atoms with Gasteiger partial charge in [0.1, 0.15) is 0 Å². The zero-order valence-corrected chi connectivity index (χ0v) is 14.7. The summed E-state index contributed by atoms with van der Waals surface area (Å²) in [6.07, 6.45) is 7.07. The Hall–Kier alpha value is -1.86. The van der Waals surface area contributed by atoms with Crippen molar-refractivity contribution in [3.05, 3.63) is 40.8 Å². The highest BCUT2D eigenvalue weighted by molar-refractivity contribution is 7.10. The van der Waals surface area contributed by atoms with Crippen molar-refractivity contribution in [3.63, 3.8) is 0 Å². The van der Waals surface area contributed by atoms with E-state index in [4.69, 9.17) is 0 Å². The van der Waals surface area contributed by atoms with E-state index in [1.807, 2.05) is 16.9 Å². The minimum atomic E-state index is -0.0868. The lowest BCUT2D eigenvalue weighted by Gasteiger charge is -2.26. The number of urea groups is 1. The number of aryl methyl sites for hydroxylation is 1. The molecular formula is C17H25N5OS. The van der Waals surface area contributed by atoms with Crippen LogP contribution >= 0.6 is 11.3 Å². The third-order valence-corrected chi connectivity index (χ3v) is 5.29. The molecule has 7 heteroatoms. The van der Waals surface area contributed by atoms with Crippen LogP contribution in [0.1, 0.15) is 30.2 Å². The highest BCUT2D eigenvalue weighted by atomic mass is 32.1. The van der Waals surface area contributed by atoms with E-state index in [-0.39, 0.29) is 6.03 Å². The van der Waals surface area contributed by atoms with Gasteiger partial charge in [-0.1, -0.05) is 6.07 Å². The molecule has 2 aromatic heterocycles. The first-order valence-electron chi connectivity index (χ1n) is 8.59. The zero-order valence-electron chi connectivity index (χ0n) is 13.9. The molecule has 0 bridgehead atoms. The molecule has 2 aromatic rings. The molecule has 2 amide bonds. The van der Waals surface area contributed by atoms with Crippen LogP contribution in [-0.2, 0) is 6.54 Å². The number of nitrogens with zero attached hydrogens (tertiary/aromatic N) is 3. The average Bonchev–Trinajstić information content (AvgIpc) is 3.34. The molecule has 3 heterocycles. The van der Waals surface area contributed by atoms with Crippen LogP contribution in [0.5, 0.6) is 0 Å². The van der Waals surface area contributed by atoms with Crippen molar-refractivity contribution < 1.29 is 4.79 Å². The zero-order chi connectivity index (χ0) is 16.6. The van der Waals surface area contributed by atoms with Crippen LogP contribution in [0, 0.1) is 0 Å². The van der Waals surface area contributed by atoms with Crippen molar-refractivity contribution >= 4 is 17.4 Å². The summed E-state index contributed by atoms with van der Waals surface area (Å²) < 4.78 is 1.87. The number of carbonyl (C=O) groups is 1. The molecule has 1 atom stereocenters. The monoisotopic (exact) mass is 347 g/mol. The second-order valence-electron chi connectivity index (χ2n) is 6.03. The highest BCUT2D eigenvalue weighted by Gasteiger charge is 2.24. The largest absolute Gasteiger partial charge is 0.338 e. The summed E-state index contributed by atoms with van der Waals surface area (Å²) in [5, 5.41) is 12.2. The number of thiophene rings is 1. The fourth-order valence-corrected chi connectivity index (χ4v) is 3.93. The second kappa shape index (κ2) is 8.84. The summed E-state index contributed by atoms with van der Waals surface area (Å²) in [6.45, 7) is 4.37. The number of aromatic nitrogens is 2. The van der Waals surface area contributed by atoms with Crippen molar-refractivity contribution in [2.75, 3.05) is 26.2 Å². The molecule has 3 rings (SSSR count). The van der Waals surface area contributed by atoms with E-state index >= 15 is 0 Å². The lowest BCUT2D eigenvalue weighted by atomic mass is 10.2. The molecule has 1 aliphatic heterocycles. The molecule has 0 unspecified atom stereocenters. The van der Waals surface area contributed by atoms with Crippen LogP contribution in [0.15, 0.2) is 36.0 Å². The Morgan fingerprint density at radius 3 is 2.88 bits per heavy atom. The number of rotatable bonds is 8. The summed E-state index contributed by atoms with van der Waals surface area (Å²) in [5.41, 5.74) is 0. The minimum absolute atomic E-state index is 0.0868. The van der Waals surface area contributed by atoms with Crippen molar-refractivity contribution in [1.82, 2.24) is 25.3 Å². The molecule has 2 N–H and O–H groups in total. The number of carbonyl (C=O) groups excluding carboxylic acids is 1. The van der Waals surface area contributed by atoms with Gasteiger partial charge in [0.25, 0.3) is 0 Å². The van der Waals surface area contributed by atoms with Crippen LogP contribution < -0.4 is 10.6 Å². The SMILES string of the molecule is O=C(NCCCn1cccn1)NC[C@H](c1cccs1)N1CCCC1. The quantitative estimate of drug-likeness (QED) is 0.721. The number of likely N-dealkylation sites (tertiary alicyclic amines) is 1. The minimum Gasteiger partial charge on any atom is -0.338 e. The lowest BCUT2D eigenvalue weighted by Crippen LogP contribution is -2.41. The topological polar surface area (TPSA) is 62.2 Å². The summed E-state index contributed by atoms with van der Waals surface area (Å²) in [5.74, 6) is 0. The molecule has 130 valence electrons. The van der Waals surface area contributed by atoms with Crippen molar-refractivity contribution in [2.45, 2.75) is 31.8 Å². The van der Waals surface area contributed by atoms with Crippen LogP contribution in [-0.4, -0.2) is 46.9 Å². The van der Waals surface area contributed by atoms with Gasteiger partial charge in [-0.25, -0.2) is 4.79 Å². The van der Waals surface area contributed by atoms with Crippen LogP contribution in [0.2, 0.25) is 0 Å². The third kappa shape index (κ3) is 4.82. The van der Waals surface area contributed by atoms with Crippen LogP contribution in [0.3, 0.4) is 0 Å². The Morgan fingerprint density at radius 2 is 2.17 bits per heavy atom. The van der Waals surface area contributed by atoms with E-state index in [9.17, 15) is 4.79 Å². The highest BCUT2D eigenvalue weighted by Crippen LogP contribution is 2.27. The first-order chi connectivity index (χ1) is 11.8. The number of nitrogens with one attached hydrogen (secondary N) is 2. The third-order valence-electron chi connectivity index (χ3n) is 4.32. The standard InChI is InChI=1S/C17H25N5OS/c23-17(18-7-4-11-22-12-5-8-20-22)19-14-15(16-6-3-13-24-16)21-9-1-2-10-21/h3,5-6,8,12-13,15H,1-2,4,7,9-11,14H2,(H2,18,19,23)/t15-/m1/s1. The van der Waals surface area contributed by atoms with Gasteiger partial charge in [0, 0.05) is 36.9 Å². The van der Waals surface area contributed by atoms with E-state index < -0.39 is 0 Å². The maximum atomic E-state index is 12.0. The van der Waals surface area contributed by atoms with Gasteiger partial charge in [-0.05, 0) is 49.9 Å². The van der Waals surface area contributed by atoms with E-state index in [0.29, 0.717) is 19.1 Å². The summed E-state index contributed by atoms with van der Waals surface area (Å²) in [6, 6.07) is 6.36. The Balaban J connectivity index is 1.39. The summed E-state index contributed by atoms with van der Waals surface area (Å²) in [7, 11) is 0. The van der Waals surface area contributed by atoms with E-state index in [1.165, 1.54) is 17.7 Å². The predicted octanol–water partition coefficient (Wildman–Crippen LogP) is 2.47. The van der Waals surface area contributed by atoms with E-state index in [0.717, 1.165) is 26.1 Å². The Labute approximate surface area is 146 Å². The molecular weight excluding hydrogens is 322 g/mol. The first kappa shape index (κ1) is 17.0. The lowest BCUT2D eigenvalue weighted by molar-refractivity contribution is 0.222. The molecule has 1 saturated heterocycles. The van der Waals surface area contributed by atoms with E-state index in [1.54, 1.807) is 17.5 Å². The summed E-state index contributed by atoms with van der Waals surface area (Å²) in [4.78, 5) is 15.8. The fourth-order valence-electron chi connectivity index (χ4n) is 3.07. The van der Waals surface area contributed by atoms with Gasteiger partial charge < -0.3 is 10.6 Å². The fraction of sp³-hybridized carbons (Fsp3) is 0.529. The Bertz CT molecular complexity index is 593. The normalized spacial score (nSPS) is 16.2. The molecule has 0 radical (unpaired) electrons. The summed E-state index contributed by atoms with van der Waals surface area (Å²) >= 11 is 1.77. The Kier molecular flexibility index (Phi) is 6.26. The van der Waals surface area contributed by atoms with Gasteiger partial charge in [0.05, 0.1) is 6.04 Å². The Morgan fingerprint density at radius 1 is 1.29 bits per heavy atom. The predicted molar refractivity (Wildman–Crippen MR) is 96.1 cm³/mol. The number of hydrogen-bond acceptors (Lipinski definition) is 4. The van der Waals surface area contributed by atoms with Crippen LogP contribution in [0.4, 0.5) is 4.79 Å². The number of hydrogen-bond donors (Lipinski definition) is 2. The van der Waals surface area contributed by atoms with Gasteiger partial charge in [0.15, 0.2) is 0 Å². The van der Waals surface area contributed by atoms with Crippen LogP contribution in [0.25, 0.3) is 0 Å². The second-order valence-corrected chi connectivity index (χ2v) is 7.01. The van der Waals surface area contributed by atoms with Gasteiger partial charge in [0.2, 0.25) is 0 Å². The van der Waals surface area contributed by atoms with E-state index in [2.05, 4.69) is 38.1 Å². The maximum absolute atomic E-state index is 12.0. The van der Waals surface area contributed by atoms with Gasteiger partial charge in [-0.3, -0.25) is 9.58 Å². The molecule has 1 fully saturated rings. The molecule has 1 aliphatic rings. The van der Waals surface area contributed by atoms with Gasteiger partial charge in [-0.2, -0.15) is 5.10 Å². The molecule has 6 nitrogen and oxygen atoms in total. The first-order valence-corrected chi connectivity index (χ1v) is 9.47. The average molecular weight is 347 g/mol. The van der Waals surface area contributed by atoms with Gasteiger partial charge in [-0.15, -0.1) is 11.3 Å². The molecule has 0 saturated carbocycles. The molecule has 24 heavy (non-hydrogen) atoms. The van der Waals surface area contributed by atoms with Crippen molar-refractivity contribution in [3.8, 4) is 0 Å². The maximum Gasteiger partial charge on any atom is 0.314 e.